The third-order valence-corrected chi connectivity index (χ3v) is 2.17. The van der Waals surface area contributed by atoms with E-state index in [1.807, 2.05) is 0 Å². The highest BCUT2D eigenvalue weighted by molar-refractivity contribution is 6.37. The van der Waals surface area contributed by atoms with Gasteiger partial charge in [0, 0.05) is 0 Å². The van der Waals surface area contributed by atoms with Gasteiger partial charge in [-0.25, -0.2) is 0 Å². The number of rotatable bonds is 7. The summed E-state index contributed by atoms with van der Waals surface area (Å²) in [6, 6.07) is 0. The molecule has 11 heavy (non-hydrogen) atoms. The molecule has 0 aromatic rings. The topological polar surface area (TPSA) is 12.0 Å². The summed E-state index contributed by atoms with van der Waals surface area (Å²) in [4.78, 5) is 0. The van der Waals surface area contributed by atoms with Crippen LogP contribution in [0.2, 0.25) is 12.1 Å². The zero-order valence-corrected chi connectivity index (χ0v) is 8.32. The van der Waals surface area contributed by atoms with Crippen molar-refractivity contribution in [3.63, 3.8) is 0 Å². The van der Waals surface area contributed by atoms with Crippen molar-refractivity contribution < 1.29 is 0 Å². The van der Waals surface area contributed by atoms with Crippen LogP contribution in [0, 0.1) is 0 Å². The Balaban J connectivity index is 2.89. The highest BCUT2D eigenvalue weighted by atomic mass is 14.8. The first kappa shape index (κ1) is 11.0. The molecule has 66 valence electrons. The first-order chi connectivity index (χ1) is 5.31. The summed E-state index contributed by atoms with van der Waals surface area (Å²) in [6.07, 6.45) is 3.92. The minimum atomic E-state index is 0.915. The summed E-state index contributed by atoms with van der Waals surface area (Å²) in [6.45, 7) is 9.20. The predicted molar refractivity (Wildman–Crippen MR) is 54.8 cm³/mol. The van der Waals surface area contributed by atoms with Crippen molar-refractivity contribution in [3.8, 4) is 0 Å². The number of hydrogen-bond donors (Lipinski definition) is 1. The third-order valence-electron chi connectivity index (χ3n) is 2.17. The smallest absolute Gasteiger partial charge is 0.125 e. The maximum Gasteiger partial charge on any atom is 0.125 e. The Bertz CT molecular complexity index is 76.0. The molecule has 1 atom stereocenters. The quantitative estimate of drug-likeness (QED) is 0.438. The Kier molecular flexibility index (Phi) is 8.14. The molecule has 0 aliphatic carbocycles. The fraction of sp³-hybridized carbons (Fsp3) is 1.00. The van der Waals surface area contributed by atoms with Gasteiger partial charge in [0.25, 0.3) is 0 Å². The largest absolute Gasteiger partial charge is 0.317 e. The van der Waals surface area contributed by atoms with Crippen LogP contribution in [0.5, 0.6) is 0 Å². The van der Waals surface area contributed by atoms with Crippen LogP contribution in [0.15, 0.2) is 0 Å². The van der Waals surface area contributed by atoms with E-state index in [-0.39, 0.29) is 0 Å². The summed E-state index contributed by atoms with van der Waals surface area (Å²) in [5.41, 5.74) is 0. The summed E-state index contributed by atoms with van der Waals surface area (Å²) in [7, 11) is 1.38. The van der Waals surface area contributed by atoms with Crippen LogP contribution in [0.4, 0.5) is 0 Å². The molecule has 0 heterocycles. The second-order valence-electron chi connectivity index (χ2n) is 3.41. The van der Waals surface area contributed by atoms with E-state index in [0.29, 0.717) is 0 Å². The maximum atomic E-state index is 3.41. The minimum Gasteiger partial charge on any atom is -0.317 e. The average Bonchev–Trinajstić information content (AvgIpc) is 2.04. The molecule has 0 fully saturated rings. The highest BCUT2D eigenvalue weighted by Crippen LogP contribution is 2.06. The Morgan fingerprint density at radius 1 is 1.27 bits per heavy atom. The molecule has 0 radical (unpaired) electrons. The summed E-state index contributed by atoms with van der Waals surface area (Å²) < 4.78 is 0. The van der Waals surface area contributed by atoms with Gasteiger partial charge < -0.3 is 5.32 Å². The van der Waals surface area contributed by atoms with Gasteiger partial charge in [-0.05, 0) is 19.5 Å². The third kappa shape index (κ3) is 7.93. The summed E-state index contributed by atoms with van der Waals surface area (Å²) >= 11 is 0. The number of nitrogens with one attached hydrogen (secondary N) is 1. The van der Waals surface area contributed by atoms with E-state index in [0.717, 1.165) is 5.82 Å². The van der Waals surface area contributed by atoms with Crippen molar-refractivity contribution in [1.82, 2.24) is 5.32 Å². The van der Waals surface area contributed by atoms with Crippen LogP contribution in [-0.2, 0) is 0 Å². The highest BCUT2D eigenvalue weighted by Gasteiger charge is 1.99. The molecule has 1 unspecified atom stereocenters. The van der Waals surface area contributed by atoms with Crippen molar-refractivity contribution in [3.05, 3.63) is 0 Å². The van der Waals surface area contributed by atoms with Gasteiger partial charge in [-0.3, -0.25) is 0 Å². The Morgan fingerprint density at radius 3 is 2.55 bits per heavy atom. The lowest BCUT2D eigenvalue weighted by Crippen LogP contribution is -2.17. The van der Waals surface area contributed by atoms with E-state index < -0.39 is 0 Å². The fourth-order valence-electron chi connectivity index (χ4n) is 1.08. The number of hydrogen-bond acceptors (Lipinski definition) is 1. The standard InChI is InChI=1S/C9H22BN/c1-4-7-11-8-6-10-9(3)5-2/h9-11H,4-8H2,1-3H3. The van der Waals surface area contributed by atoms with Gasteiger partial charge >= 0.3 is 0 Å². The van der Waals surface area contributed by atoms with Crippen LogP contribution in [-0.4, -0.2) is 20.4 Å². The van der Waals surface area contributed by atoms with Crippen molar-refractivity contribution in [2.75, 3.05) is 13.1 Å². The van der Waals surface area contributed by atoms with Crippen LogP contribution in [0.25, 0.3) is 0 Å². The second-order valence-corrected chi connectivity index (χ2v) is 3.41. The van der Waals surface area contributed by atoms with Crippen LogP contribution in [0.1, 0.15) is 33.6 Å². The van der Waals surface area contributed by atoms with Crippen LogP contribution in [0.3, 0.4) is 0 Å². The van der Waals surface area contributed by atoms with Gasteiger partial charge in [0.1, 0.15) is 7.28 Å². The Labute approximate surface area is 72.2 Å². The fourth-order valence-corrected chi connectivity index (χ4v) is 1.08. The van der Waals surface area contributed by atoms with Crippen LogP contribution < -0.4 is 5.32 Å². The lowest BCUT2D eigenvalue weighted by atomic mass is 9.62. The molecule has 0 aromatic heterocycles. The lowest BCUT2D eigenvalue weighted by molar-refractivity contribution is 0.698. The Morgan fingerprint density at radius 2 is 2.00 bits per heavy atom. The SMILES string of the molecule is CCCNCCBC(C)CC. The van der Waals surface area contributed by atoms with Gasteiger partial charge in [0.15, 0.2) is 0 Å². The molecule has 0 amide bonds. The van der Waals surface area contributed by atoms with E-state index in [9.17, 15) is 0 Å². The van der Waals surface area contributed by atoms with E-state index in [1.165, 1.54) is 39.5 Å². The average molecular weight is 155 g/mol. The van der Waals surface area contributed by atoms with Gasteiger partial charge in [0.05, 0.1) is 0 Å². The normalized spacial score (nSPS) is 13.0. The van der Waals surface area contributed by atoms with Crippen molar-refractivity contribution in [1.29, 1.82) is 0 Å². The van der Waals surface area contributed by atoms with Crippen LogP contribution >= 0.6 is 0 Å². The monoisotopic (exact) mass is 155 g/mol. The molecule has 2 heteroatoms. The molecular formula is C9H22BN. The maximum absolute atomic E-state index is 3.41. The molecule has 1 N–H and O–H groups in total. The van der Waals surface area contributed by atoms with E-state index in [4.69, 9.17) is 0 Å². The van der Waals surface area contributed by atoms with Gasteiger partial charge in [0.2, 0.25) is 0 Å². The van der Waals surface area contributed by atoms with E-state index >= 15 is 0 Å². The molecule has 0 saturated carbocycles. The summed E-state index contributed by atoms with van der Waals surface area (Å²) in [5.74, 6) is 0.915. The van der Waals surface area contributed by atoms with Crippen molar-refractivity contribution >= 4 is 7.28 Å². The molecule has 0 aliphatic rings. The zero-order valence-electron chi connectivity index (χ0n) is 8.32. The molecule has 1 nitrogen and oxygen atoms in total. The second kappa shape index (κ2) is 8.12. The lowest BCUT2D eigenvalue weighted by Gasteiger charge is -2.05. The molecule has 0 aromatic carbocycles. The molecule has 0 spiro atoms. The molecular weight excluding hydrogens is 133 g/mol. The van der Waals surface area contributed by atoms with E-state index in [1.54, 1.807) is 0 Å². The van der Waals surface area contributed by atoms with E-state index in [2.05, 4.69) is 26.1 Å². The van der Waals surface area contributed by atoms with Gasteiger partial charge in [-0.2, -0.15) is 0 Å². The van der Waals surface area contributed by atoms with Gasteiger partial charge in [-0.1, -0.05) is 39.3 Å². The molecule has 0 saturated heterocycles. The minimum absolute atomic E-state index is 0.915. The zero-order chi connectivity index (χ0) is 8.53. The molecule has 0 aliphatic heterocycles. The first-order valence-corrected chi connectivity index (χ1v) is 5.02. The predicted octanol–water partition coefficient (Wildman–Crippen LogP) is 2.06. The molecule has 0 bridgehead atoms. The van der Waals surface area contributed by atoms with Gasteiger partial charge in [-0.15, -0.1) is 0 Å². The summed E-state index contributed by atoms with van der Waals surface area (Å²) in [5, 5.41) is 3.41. The Hall–Kier alpha value is 0.0249. The molecule has 0 rings (SSSR count). The van der Waals surface area contributed by atoms with Crippen molar-refractivity contribution in [2.45, 2.75) is 45.8 Å². The van der Waals surface area contributed by atoms with Crippen molar-refractivity contribution in [2.24, 2.45) is 0 Å². The first-order valence-electron chi connectivity index (χ1n) is 5.02.